The van der Waals surface area contributed by atoms with Gasteiger partial charge >= 0.3 is 0 Å². The molecule has 144 valence electrons. The number of carbonyl (C=O) groups excluding carboxylic acids is 2. The molecule has 1 aliphatic rings. The molecule has 0 bridgehead atoms. The van der Waals surface area contributed by atoms with Crippen LogP contribution in [0.2, 0.25) is 0 Å². The van der Waals surface area contributed by atoms with Gasteiger partial charge in [-0.2, -0.15) is 0 Å². The molecule has 2 heterocycles. The fraction of sp³-hybridized carbons (Fsp3) is 0.476. The van der Waals surface area contributed by atoms with E-state index in [0.717, 1.165) is 49.3 Å². The molecule has 0 unspecified atom stereocenters. The second-order valence-electron chi connectivity index (χ2n) is 8.04. The van der Waals surface area contributed by atoms with Crippen molar-refractivity contribution in [1.82, 2.24) is 20.2 Å². The zero-order valence-corrected chi connectivity index (χ0v) is 16.3. The molecule has 1 aromatic heterocycles. The first-order valence-corrected chi connectivity index (χ1v) is 9.59. The molecule has 2 amide bonds. The highest BCUT2D eigenvalue weighted by Gasteiger charge is 2.24. The first kappa shape index (κ1) is 19.1. The Morgan fingerprint density at radius 2 is 1.85 bits per heavy atom. The number of amides is 2. The van der Waals surface area contributed by atoms with E-state index in [-0.39, 0.29) is 23.9 Å². The monoisotopic (exact) mass is 368 g/mol. The number of aromatic nitrogens is 2. The minimum absolute atomic E-state index is 0.0525. The van der Waals surface area contributed by atoms with Gasteiger partial charge in [-0.25, -0.2) is 4.98 Å². The second-order valence-corrected chi connectivity index (χ2v) is 8.04. The van der Waals surface area contributed by atoms with Gasteiger partial charge in [-0.3, -0.25) is 9.59 Å². The summed E-state index contributed by atoms with van der Waals surface area (Å²) < 4.78 is 2.17. The first-order chi connectivity index (χ1) is 12.8. The Balaban J connectivity index is 1.83. The van der Waals surface area contributed by atoms with Crippen molar-refractivity contribution in [2.75, 3.05) is 6.54 Å². The third kappa shape index (κ3) is 4.76. The van der Waals surface area contributed by atoms with Gasteiger partial charge < -0.3 is 15.2 Å². The Morgan fingerprint density at radius 1 is 1.11 bits per heavy atom. The molecule has 0 spiro atoms. The van der Waals surface area contributed by atoms with Gasteiger partial charge in [-0.15, -0.1) is 0 Å². The van der Waals surface area contributed by atoms with Gasteiger partial charge in [0.2, 0.25) is 5.91 Å². The maximum absolute atomic E-state index is 12.8. The van der Waals surface area contributed by atoms with Crippen molar-refractivity contribution in [3.05, 3.63) is 41.7 Å². The largest absolute Gasteiger partial charge is 0.350 e. The van der Waals surface area contributed by atoms with Gasteiger partial charge in [0.05, 0.1) is 12.2 Å². The van der Waals surface area contributed by atoms with Crippen LogP contribution in [0.4, 0.5) is 0 Å². The van der Waals surface area contributed by atoms with Crippen molar-refractivity contribution in [3.8, 4) is 11.4 Å². The summed E-state index contributed by atoms with van der Waals surface area (Å²) in [5.74, 6) is 0.341. The number of hydrogen-bond acceptors (Lipinski definition) is 3. The number of fused-ring (bicyclic) bond motifs is 1. The molecule has 2 N–H and O–H groups in total. The van der Waals surface area contributed by atoms with Crippen LogP contribution in [0.1, 0.15) is 56.2 Å². The maximum atomic E-state index is 12.8. The Morgan fingerprint density at radius 3 is 2.56 bits per heavy atom. The summed E-state index contributed by atoms with van der Waals surface area (Å²) in [5, 5.41) is 5.58. The van der Waals surface area contributed by atoms with Crippen LogP contribution in [0.15, 0.2) is 30.3 Å². The minimum Gasteiger partial charge on any atom is -0.350 e. The molecule has 0 saturated heterocycles. The summed E-state index contributed by atoms with van der Waals surface area (Å²) in [6.07, 6.45) is 4.10. The normalized spacial score (nSPS) is 14.2. The minimum atomic E-state index is -0.326. The molecule has 27 heavy (non-hydrogen) atoms. The van der Waals surface area contributed by atoms with E-state index in [2.05, 4.69) is 20.2 Å². The quantitative estimate of drug-likeness (QED) is 0.871. The number of rotatable bonds is 4. The predicted molar refractivity (Wildman–Crippen MR) is 105 cm³/mol. The van der Waals surface area contributed by atoms with Crippen LogP contribution in [0.5, 0.6) is 0 Å². The summed E-state index contributed by atoms with van der Waals surface area (Å²) in [4.78, 5) is 29.5. The fourth-order valence-corrected chi connectivity index (χ4v) is 3.42. The molecule has 0 saturated carbocycles. The zero-order chi connectivity index (χ0) is 19.4. The molecule has 0 fully saturated rings. The third-order valence-electron chi connectivity index (χ3n) is 4.54. The molecule has 0 aliphatic carbocycles. The molecular weight excluding hydrogens is 340 g/mol. The Kier molecular flexibility index (Phi) is 5.63. The predicted octanol–water partition coefficient (Wildman–Crippen LogP) is 2.92. The highest BCUT2D eigenvalue weighted by molar-refractivity contribution is 5.96. The van der Waals surface area contributed by atoms with E-state index in [0.29, 0.717) is 5.69 Å². The van der Waals surface area contributed by atoms with Gasteiger partial charge in [0, 0.05) is 17.6 Å². The number of carbonyl (C=O) groups is 2. The van der Waals surface area contributed by atoms with E-state index in [1.54, 1.807) is 0 Å². The number of nitrogens with one attached hydrogen (secondary N) is 2. The molecule has 0 atom stereocenters. The second kappa shape index (κ2) is 7.94. The van der Waals surface area contributed by atoms with Crippen LogP contribution >= 0.6 is 0 Å². The van der Waals surface area contributed by atoms with E-state index in [1.807, 2.05) is 51.1 Å². The van der Waals surface area contributed by atoms with Crippen molar-refractivity contribution < 1.29 is 9.59 Å². The molecular formula is C21H28N4O2. The first-order valence-electron chi connectivity index (χ1n) is 9.59. The number of benzene rings is 1. The van der Waals surface area contributed by atoms with Gasteiger partial charge in [0.25, 0.3) is 5.91 Å². The van der Waals surface area contributed by atoms with E-state index < -0.39 is 0 Å². The average molecular weight is 368 g/mol. The number of nitrogens with zero attached hydrogens (tertiary/aromatic N) is 2. The lowest BCUT2D eigenvalue weighted by Gasteiger charge is -2.20. The zero-order valence-electron chi connectivity index (χ0n) is 16.3. The smallest absolute Gasteiger partial charge is 0.272 e. The summed E-state index contributed by atoms with van der Waals surface area (Å²) in [6, 6.07) is 9.95. The van der Waals surface area contributed by atoms with Crippen LogP contribution in [0.3, 0.4) is 0 Å². The van der Waals surface area contributed by atoms with Gasteiger partial charge in [0.1, 0.15) is 11.5 Å². The lowest BCUT2D eigenvalue weighted by Crippen LogP contribution is -2.46. The van der Waals surface area contributed by atoms with Crippen molar-refractivity contribution >= 4 is 11.8 Å². The molecule has 1 aromatic carbocycles. The molecule has 1 aliphatic heterocycles. The van der Waals surface area contributed by atoms with E-state index in [9.17, 15) is 9.59 Å². The maximum Gasteiger partial charge on any atom is 0.272 e. The van der Waals surface area contributed by atoms with Crippen LogP contribution in [0.25, 0.3) is 11.4 Å². The van der Waals surface area contributed by atoms with Crippen LogP contribution in [-0.2, 0) is 17.8 Å². The Bertz CT molecular complexity index is 819. The van der Waals surface area contributed by atoms with E-state index in [1.165, 1.54) is 0 Å². The molecule has 6 heteroatoms. The Hall–Kier alpha value is -2.63. The number of hydrogen-bond donors (Lipinski definition) is 2. The van der Waals surface area contributed by atoms with E-state index in [4.69, 9.17) is 0 Å². The lowest BCUT2D eigenvalue weighted by molar-refractivity contribution is -0.121. The van der Waals surface area contributed by atoms with Crippen LogP contribution in [0, 0.1) is 0 Å². The highest BCUT2D eigenvalue weighted by atomic mass is 16.2. The summed E-state index contributed by atoms with van der Waals surface area (Å²) in [5.41, 5.74) is 2.10. The van der Waals surface area contributed by atoms with Gasteiger partial charge in [-0.05, 0) is 40.0 Å². The Labute approximate surface area is 160 Å². The van der Waals surface area contributed by atoms with Crippen molar-refractivity contribution in [1.29, 1.82) is 0 Å². The summed E-state index contributed by atoms with van der Waals surface area (Å²) in [6.45, 7) is 6.55. The van der Waals surface area contributed by atoms with E-state index >= 15 is 0 Å². The topological polar surface area (TPSA) is 76.0 Å². The molecule has 2 aromatic rings. The SMILES string of the molecule is CC(C)(C)NC(=O)CNC(=O)c1nc(-c2ccccc2)n2c1CCCCC2. The lowest BCUT2D eigenvalue weighted by atomic mass is 10.1. The highest BCUT2D eigenvalue weighted by Crippen LogP contribution is 2.27. The molecule has 0 radical (unpaired) electrons. The molecule has 6 nitrogen and oxygen atoms in total. The fourth-order valence-electron chi connectivity index (χ4n) is 3.42. The van der Waals surface area contributed by atoms with Gasteiger partial charge in [0.15, 0.2) is 0 Å². The molecule has 3 rings (SSSR count). The van der Waals surface area contributed by atoms with Crippen molar-refractivity contribution in [2.45, 2.75) is 58.5 Å². The summed E-state index contributed by atoms with van der Waals surface area (Å²) in [7, 11) is 0. The van der Waals surface area contributed by atoms with Crippen LogP contribution in [-0.4, -0.2) is 33.4 Å². The van der Waals surface area contributed by atoms with Crippen molar-refractivity contribution in [3.63, 3.8) is 0 Å². The number of imidazole rings is 1. The van der Waals surface area contributed by atoms with Gasteiger partial charge in [-0.1, -0.05) is 36.8 Å². The average Bonchev–Trinajstić information content (AvgIpc) is 2.80. The summed E-state index contributed by atoms with van der Waals surface area (Å²) >= 11 is 0. The standard InChI is InChI=1S/C21H28N4O2/c1-21(2,3)24-17(26)14-22-20(27)18-16-12-8-5-9-13-25(16)19(23-18)15-10-6-4-7-11-15/h4,6-7,10-11H,5,8-9,12-14H2,1-3H3,(H,22,27)(H,24,26). The van der Waals surface area contributed by atoms with Crippen LogP contribution < -0.4 is 10.6 Å². The van der Waals surface area contributed by atoms with Crippen molar-refractivity contribution in [2.24, 2.45) is 0 Å². The third-order valence-corrected chi connectivity index (χ3v) is 4.54.